The highest BCUT2D eigenvalue weighted by molar-refractivity contribution is 7.17. The number of nitrogens with one attached hydrogen (secondary N) is 1. The van der Waals surface area contributed by atoms with Gasteiger partial charge in [0.2, 0.25) is 0 Å². The number of amides is 1. The highest BCUT2D eigenvalue weighted by atomic mass is 32.1. The summed E-state index contributed by atoms with van der Waals surface area (Å²) in [5.41, 5.74) is 0.957. The maximum Gasteiger partial charge on any atom is 0.265 e. The molecule has 1 atom stereocenters. The zero-order valence-electron chi connectivity index (χ0n) is 13.1. The Balaban J connectivity index is 1.59. The molecule has 1 aliphatic heterocycles. The van der Waals surface area contributed by atoms with Crippen molar-refractivity contribution in [3.63, 3.8) is 0 Å². The van der Waals surface area contributed by atoms with E-state index in [1.54, 1.807) is 13.2 Å². The molecule has 5 nitrogen and oxygen atoms in total. The summed E-state index contributed by atoms with van der Waals surface area (Å²) >= 11 is 1.38. The minimum absolute atomic E-state index is 0.0386. The molecule has 1 aromatic heterocycles. The van der Waals surface area contributed by atoms with E-state index in [1.807, 2.05) is 35.2 Å². The lowest BCUT2D eigenvalue weighted by Gasteiger charge is -2.34. The van der Waals surface area contributed by atoms with Crippen LogP contribution in [0, 0.1) is 5.92 Å². The van der Waals surface area contributed by atoms with Gasteiger partial charge in [0.15, 0.2) is 5.13 Å². The fourth-order valence-electron chi connectivity index (χ4n) is 2.99. The standard InChI is InChI=1S/C17H21N3O2S/c1-18-17-19-11-14(23-17)16(22)20-9-7-13(8-10-20)15(21)12-5-3-2-4-6-12/h2-6,11,13,15,21H,7-10H2,1H3,(H,18,19). The van der Waals surface area contributed by atoms with Gasteiger partial charge in [-0.25, -0.2) is 4.98 Å². The van der Waals surface area contributed by atoms with Crippen LogP contribution in [0.15, 0.2) is 36.5 Å². The molecule has 6 heteroatoms. The molecular formula is C17H21N3O2S. The second-order valence-corrected chi connectivity index (χ2v) is 6.80. The first-order valence-corrected chi connectivity index (χ1v) is 8.66. The number of benzene rings is 1. The van der Waals surface area contributed by atoms with Crippen molar-refractivity contribution in [1.82, 2.24) is 9.88 Å². The minimum Gasteiger partial charge on any atom is -0.388 e. The molecule has 1 aliphatic rings. The molecule has 122 valence electrons. The summed E-state index contributed by atoms with van der Waals surface area (Å²) in [7, 11) is 1.80. The quantitative estimate of drug-likeness (QED) is 0.904. The molecule has 1 unspecified atom stereocenters. The van der Waals surface area contributed by atoms with E-state index in [0.29, 0.717) is 18.0 Å². The van der Waals surface area contributed by atoms with Gasteiger partial charge in [-0.05, 0) is 24.3 Å². The van der Waals surface area contributed by atoms with Gasteiger partial charge in [0, 0.05) is 20.1 Å². The van der Waals surface area contributed by atoms with Gasteiger partial charge in [0.1, 0.15) is 4.88 Å². The number of thiazole rings is 1. The van der Waals surface area contributed by atoms with Gasteiger partial charge in [0.05, 0.1) is 12.3 Å². The molecule has 2 heterocycles. The molecule has 0 saturated carbocycles. The summed E-state index contributed by atoms with van der Waals surface area (Å²) in [6.07, 6.45) is 2.82. The van der Waals surface area contributed by atoms with Gasteiger partial charge in [-0.1, -0.05) is 41.7 Å². The molecule has 0 spiro atoms. The Morgan fingerprint density at radius 1 is 1.35 bits per heavy atom. The highest BCUT2D eigenvalue weighted by Gasteiger charge is 2.29. The number of hydrogen-bond donors (Lipinski definition) is 2. The molecule has 0 radical (unpaired) electrons. The summed E-state index contributed by atoms with van der Waals surface area (Å²) in [5, 5.41) is 14.2. The molecule has 1 saturated heterocycles. The van der Waals surface area contributed by atoms with Crippen LogP contribution in [0.1, 0.15) is 34.2 Å². The molecule has 1 amide bonds. The number of carbonyl (C=O) groups excluding carboxylic acids is 1. The van der Waals surface area contributed by atoms with Crippen LogP contribution in [0.5, 0.6) is 0 Å². The SMILES string of the molecule is CNc1ncc(C(=O)N2CCC(C(O)c3ccccc3)CC2)s1. The summed E-state index contributed by atoms with van der Waals surface area (Å²) in [6, 6.07) is 9.75. The Hall–Kier alpha value is -1.92. The van der Waals surface area contributed by atoms with Crippen LogP contribution < -0.4 is 5.32 Å². The van der Waals surface area contributed by atoms with Crippen molar-refractivity contribution in [2.75, 3.05) is 25.5 Å². The number of anilines is 1. The lowest BCUT2D eigenvalue weighted by molar-refractivity contribution is 0.0465. The zero-order chi connectivity index (χ0) is 16.2. The van der Waals surface area contributed by atoms with E-state index in [1.165, 1.54) is 11.3 Å². The zero-order valence-corrected chi connectivity index (χ0v) is 13.9. The van der Waals surface area contributed by atoms with E-state index >= 15 is 0 Å². The Morgan fingerprint density at radius 2 is 2.04 bits per heavy atom. The maximum atomic E-state index is 12.5. The number of aromatic nitrogens is 1. The molecule has 1 aromatic carbocycles. The molecule has 1 fully saturated rings. The molecule has 0 aliphatic carbocycles. The maximum absolute atomic E-state index is 12.5. The van der Waals surface area contributed by atoms with Crippen LogP contribution in [-0.4, -0.2) is 41.0 Å². The number of rotatable bonds is 4. The molecule has 2 aromatic rings. The number of hydrogen-bond acceptors (Lipinski definition) is 5. The summed E-state index contributed by atoms with van der Waals surface area (Å²) in [4.78, 5) is 19.2. The first-order chi connectivity index (χ1) is 11.2. The first kappa shape index (κ1) is 16.0. The van der Waals surface area contributed by atoms with Crippen LogP contribution in [0.2, 0.25) is 0 Å². The predicted octanol–water partition coefficient (Wildman–Crippen LogP) is 2.77. The van der Waals surface area contributed by atoms with Crippen molar-refractivity contribution < 1.29 is 9.90 Å². The molecule has 0 bridgehead atoms. The normalized spacial score (nSPS) is 17.0. The van der Waals surface area contributed by atoms with Gasteiger partial charge in [0.25, 0.3) is 5.91 Å². The Morgan fingerprint density at radius 3 is 2.65 bits per heavy atom. The van der Waals surface area contributed by atoms with Crippen molar-refractivity contribution in [2.24, 2.45) is 5.92 Å². The third-order valence-corrected chi connectivity index (χ3v) is 5.35. The fourth-order valence-corrected chi connectivity index (χ4v) is 3.72. The minimum atomic E-state index is -0.451. The van der Waals surface area contributed by atoms with E-state index in [2.05, 4.69) is 10.3 Å². The predicted molar refractivity (Wildman–Crippen MR) is 91.7 cm³/mol. The highest BCUT2D eigenvalue weighted by Crippen LogP contribution is 2.31. The molecule has 3 rings (SSSR count). The monoisotopic (exact) mass is 331 g/mol. The first-order valence-electron chi connectivity index (χ1n) is 7.85. The van der Waals surface area contributed by atoms with Gasteiger partial charge in [-0.3, -0.25) is 4.79 Å². The molecule has 2 N–H and O–H groups in total. The Bertz CT molecular complexity index is 651. The lowest BCUT2D eigenvalue weighted by Crippen LogP contribution is -2.39. The van der Waals surface area contributed by atoms with Crippen LogP contribution in [0.3, 0.4) is 0 Å². The van der Waals surface area contributed by atoms with Crippen molar-refractivity contribution >= 4 is 22.4 Å². The van der Waals surface area contributed by atoms with E-state index in [4.69, 9.17) is 0 Å². The number of carbonyl (C=O) groups is 1. The van der Waals surface area contributed by atoms with Crippen molar-refractivity contribution in [2.45, 2.75) is 18.9 Å². The van der Waals surface area contributed by atoms with E-state index < -0.39 is 6.10 Å². The number of aliphatic hydroxyl groups excluding tert-OH is 1. The largest absolute Gasteiger partial charge is 0.388 e. The summed E-state index contributed by atoms with van der Waals surface area (Å²) in [5.74, 6) is 0.243. The van der Waals surface area contributed by atoms with Crippen molar-refractivity contribution in [1.29, 1.82) is 0 Å². The molecular weight excluding hydrogens is 310 g/mol. The van der Waals surface area contributed by atoms with E-state index in [-0.39, 0.29) is 11.8 Å². The van der Waals surface area contributed by atoms with E-state index in [0.717, 1.165) is 23.5 Å². The average Bonchev–Trinajstić information content (AvgIpc) is 3.10. The Kier molecular flexibility index (Phi) is 4.93. The average molecular weight is 331 g/mol. The van der Waals surface area contributed by atoms with Crippen LogP contribution in [0.25, 0.3) is 0 Å². The van der Waals surface area contributed by atoms with Gasteiger partial charge < -0.3 is 15.3 Å². The third-order valence-electron chi connectivity index (χ3n) is 4.34. The molecule has 23 heavy (non-hydrogen) atoms. The summed E-state index contributed by atoms with van der Waals surface area (Å²) < 4.78 is 0. The van der Waals surface area contributed by atoms with Crippen molar-refractivity contribution in [3.05, 3.63) is 47.0 Å². The van der Waals surface area contributed by atoms with Crippen LogP contribution in [-0.2, 0) is 0 Å². The second kappa shape index (κ2) is 7.10. The van der Waals surface area contributed by atoms with Gasteiger partial charge in [-0.2, -0.15) is 0 Å². The van der Waals surface area contributed by atoms with E-state index in [9.17, 15) is 9.90 Å². The van der Waals surface area contributed by atoms with Gasteiger partial charge in [-0.15, -0.1) is 0 Å². The number of likely N-dealkylation sites (tertiary alicyclic amines) is 1. The van der Waals surface area contributed by atoms with Crippen LogP contribution in [0.4, 0.5) is 5.13 Å². The number of aliphatic hydroxyl groups is 1. The lowest BCUT2D eigenvalue weighted by atomic mass is 9.87. The topological polar surface area (TPSA) is 65.5 Å². The van der Waals surface area contributed by atoms with Crippen molar-refractivity contribution in [3.8, 4) is 0 Å². The second-order valence-electron chi connectivity index (χ2n) is 5.76. The smallest absolute Gasteiger partial charge is 0.265 e. The fraction of sp³-hybridized carbons (Fsp3) is 0.412. The Labute approximate surface area is 140 Å². The summed E-state index contributed by atoms with van der Waals surface area (Å²) in [6.45, 7) is 1.36. The number of nitrogens with zero attached hydrogens (tertiary/aromatic N) is 2. The van der Waals surface area contributed by atoms with Gasteiger partial charge >= 0.3 is 0 Å². The number of piperidine rings is 1. The third kappa shape index (κ3) is 3.54. The van der Waals surface area contributed by atoms with Crippen LogP contribution >= 0.6 is 11.3 Å².